The number of hydrogen-bond donors (Lipinski definition) is 2. The molecule has 2 amide bonds. The zero-order valence-electron chi connectivity index (χ0n) is 15.6. The van der Waals surface area contributed by atoms with Crippen LogP contribution in [-0.2, 0) is 11.2 Å². The molecule has 1 heterocycles. The van der Waals surface area contributed by atoms with Crippen molar-refractivity contribution < 1.29 is 9.59 Å². The van der Waals surface area contributed by atoms with Gasteiger partial charge >= 0.3 is 0 Å². The van der Waals surface area contributed by atoms with Crippen LogP contribution in [0.4, 0.5) is 0 Å². The van der Waals surface area contributed by atoms with Gasteiger partial charge in [-0.1, -0.05) is 58.0 Å². The van der Waals surface area contributed by atoms with Gasteiger partial charge in [0.25, 0.3) is 5.91 Å². The van der Waals surface area contributed by atoms with Crippen LogP contribution in [0.2, 0.25) is 0 Å². The fraction of sp³-hybridized carbons (Fsp3) is 0.136. The van der Waals surface area contributed by atoms with Crippen LogP contribution in [0, 0.1) is 0 Å². The van der Waals surface area contributed by atoms with Gasteiger partial charge in [-0.25, -0.2) is 4.98 Å². The lowest BCUT2D eigenvalue weighted by molar-refractivity contribution is -0.120. The van der Waals surface area contributed by atoms with Gasteiger partial charge in [-0.05, 0) is 48.4 Å². The predicted octanol–water partition coefficient (Wildman–Crippen LogP) is 4.08. The number of aromatic nitrogens is 1. The molecule has 0 fully saturated rings. The Hall–Kier alpha value is -2.64. The van der Waals surface area contributed by atoms with Crippen molar-refractivity contribution in [2.24, 2.45) is 0 Å². The Bertz CT molecular complexity index is 965. The fourth-order valence-corrected chi connectivity index (χ4v) is 3.71. The smallest absolute Gasteiger partial charge is 0.254 e. The largest absolute Gasteiger partial charge is 0.354 e. The zero-order chi connectivity index (χ0) is 20.5. The number of benzene rings is 2. The van der Waals surface area contributed by atoms with Crippen molar-refractivity contribution in [3.63, 3.8) is 0 Å². The molecule has 3 rings (SSSR count). The van der Waals surface area contributed by atoms with Crippen LogP contribution in [-0.4, -0.2) is 29.9 Å². The molecule has 0 aliphatic heterocycles. The number of nitrogens with zero attached hydrogens (tertiary/aromatic N) is 1. The third kappa shape index (κ3) is 6.73. The molecule has 0 saturated carbocycles. The Morgan fingerprint density at radius 3 is 2.45 bits per heavy atom. The van der Waals surface area contributed by atoms with Crippen molar-refractivity contribution in [3.8, 4) is 0 Å². The van der Waals surface area contributed by atoms with Crippen LogP contribution in [0.25, 0.3) is 0 Å². The number of rotatable bonds is 8. The summed E-state index contributed by atoms with van der Waals surface area (Å²) in [6.07, 6.45) is 2.39. The summed E-state index contributed by atoms with van der Waals surface area (Å²) in [5, 5.41) is 6.08. The van der Waals surface area contributed by atoms with Gasteiger partial charge in [-0.15, -0.1) is 0 Å². The zero-order valence-corrected chi connectivity index (χ0v) is 18.0. The Kier molecular flexibility index (Phi) is 7.84. The molecule has 0 aliphatic carbocycles. The van der Waals surface area contributed by atoms with Gasteiger partial charge in [0.2, 0.25) is 5.91 Å². The van der Waals surface area contributed by atoms with Crippen molar-refractivity contribution in [2.45, 2.75) is 16.3 Å². The number of carbonyl (C=O) groups excluding carboxylic acids is 2. The summed E-state index contributed by atoms with van der Waals surface area (Å²) >= 11 is 4.81. The SMILES string of the molecule is O=C(CNC(=O)c1cccnc1Sc1ccc(Br)cc1)NCCc1ccccc1. The Balaban J connectivity index is 1.51. The van der Waals surface area contributed by atoms with Gasteiger partial charge in [-0.3, -0.25) is 9.59 Å². The highest BCUT2D eigenvalue weighted by Gasteiger charge is 2.14. The van der Waals surface area contributed by atoms with Crippen molar-refractivity contribution in [1.29, 1.82) is 0 Å². The van der Waals surface area contributed by atoms with Crippen LogP contribution < -0.4 is 10.6 Å². The van der Waals surface area contributed by atoms with Crippen molar-refractivity contribution in [1.82, 2.24) is 15.6 Å². The third-order valence-electron chi connectivity index (χ3n) is 4.03. The molecular formula is C22H20BrN3O2S. The molecule has 2 aromatic carbocycles. The standard InChI is InChI=1S/C22H20BrN3O2S/c23-17-8-10-18(11-9-17)29-22-19(7-4-13-25-22)21(28)26-15-20(27)24-14-12-16-5-2-1-3-6-16/h1-11,13H,12,14-15H2,(H,24,27)(H,26,28). The molecule has 0 saturated heterocycles. The molecule has 0 spiro atoms. The molecule has 0 aliphatic rings. The number of nitrogens with one attached hydrogen (secondary N) is 2. The predicted molar refractivity (Wildman–Crippen MR) is 118 cm³/mol. The molecular weight excluding hydrogens is 450 g/mol. The molecule has 0 atom stereocenters. The summed E-state index contributed by atoms with van der Waals surface area (Å²) in [5.41, 5.74) is 1.60. The van der Waals surface area contributed by atoms with E-state index in [1.807, 2.05) is 54.6 Å². The first-order valence-corrected chi connectivity index (χ1v) is 10.7. The number of amides is 2. The van der Waals surface area contributed by atoms with E-state index >= 15 is 0 Å². The normalized spacial score (nSPS) is 10.4. The lowest BCUT2D eigenvalue weighted by Gasteiger charge is -2.10. The molecule has 0 bridgehead atoms. The molecule has 5 nitrogen and oxygen atoms in total. The Morgan fingerprint density at radius 2 is 1.69 bits per heavy atom. The van der Waals surface area contributed by atoms with E-state index in [0.717, 1.165) is 21.4 Å². The van der Waals surface area contributed by atoms with Gasteiger partial charge in [0.05, 0.1) is 12.1 Å². The van der Waals surface area contributed by atoms with Gasteiger partial charge in [-0.2, -0.15) is 0 Å². The van der Waals surface area contributed by atoms with E-state index in [9.17, 15) is 9.59 Å². The van der Waals surface area contributed by atoms with Crippen molar-refractivity contribution in [3.05, 3.63) is 88.5 Å². The summed E-state index contributed by atoms with van der Waals surface area (Å²) < 4.78 is 0.985. The number of pyridine rings is 1. The fourth-order valence-electron chi connectivity index (χ4n) is 2.57. The van der Waals surface area contributed by atoms with Crippen LogP contribution in [0.15, 0.2) is 87.3 Å². The lowest BCUT2D eigenvalue weighted by atomic mass is 10.1. The molecule has 0 unspecified atom stereocenters. The highest BCUT2D eigenvalue weighted by molar-refractivity contribution is 9.10. The summed E-state index contributed by atoms with van der Waals surface area (Å²) in [4.78, 5) is 29.9. The molecule has 3 aromatic rings. The molecule has 1 aromatic heterocycles. The highest BCUT2D eigenvalue weighted by atomic mass is 79.9. The second-order valence-corrected chi connectivity index (χ2v) is 8.16. The first-order chi connectivity index (χ1) is 14.1. The maximum Gasteiger partial charge on any atom is 0.254 e. The molecule has 7 heteroatoms. The van der Waals surface area contributed by atoms with E-state index in [4.69, 9.17) is 0 Å². The minimum absolute atomic E-state index is 0.0785. The highest BCUT2D eigenvalue weighted by Crippen LogP contribution is 2.29. The van der Waals surface area contributed by atoms with E-state index in [0.29, 0.717) is 17.1 Å². The van der Waals surface area contributed by atoms with Gasteiger partial charge in [0.1, 0.15) is 5.03 Å². The summed E-state index contributed by atoms with van der Waals surface area (Å²) in [6.45, 7) is 0.446. The average molecular weight is 470 g/mol. The molecule has 2 N–H and O–H groups in total. The maximum atomic E-state index is 12.6. The number of halogens is 1. The first kappa shape index (κ1) is 21.1. The third-order valence-corrected chi connectivity index (χ3v) is 5.59. The maximum absolute atomic E-state index is 12.6. The monoisotopic (exact) mass is 469 g/mol. The van der Waals surface area contributed by atoms with Crippen LogP contribution in [0.3, 0.4) is 0 Å². The van der Waals surface area contributed by atoms with Crippen LogP contribution >= 0.6 is 27.7 Å². The minimum Gasteiger partial charge on any atom is -0.354 e. The minimum atomic E-state index is -0.323. The van der Waals surface area contributed by atoms with E-state index < -0.39 is 0 Å². The van der Waals surface area contributed by atoms with Crippen molar-refractivity contribution >= 4 is 39.5 Å². The Morgan fingerprint density at radius 1 is 0.931 bits per heavy atom. The topological polar surface area (TPSA) is 71.1 Å². The summed E-state index contributed by atoms with van der Waals surface area (Å²) in [5.74, 6) is -0.545. The second-order valence-electron chi connectivity index (χ2n) is 6.18. The van der Waals surface area contributed by atoms with Gasteiger partial charge in [0, 0.05) is 22.1 Å². The lowest BCUT2D eigenvalue weighted by Crippen LogP contribution is -2.37. The number of hydrogen-bond acceptors (Lipinski definition) is 4. The van der Waals surface area contributed by atoms with E-state index in [2.05, 4.69) is 31.5 Å². The Labute approximate surface area is 182 Å². The average Bonchev–Trinajstić information content (AvgIpc) is 2.75. The summed E-state index contributed by atoms with van der Waals surface area (Å²) in [7, 11) is 0. The number of carbonyl (C=O) groups is 2. The molecule has 148 valence electrons. The van der Waals surface area contributed by atoms with E-state index in [1.165, 1.54) is 11.8 Å². The second kappa shape index (κ2) is 10.8. The molecule has 0 radical (unpaired) electrons. The van der Waals surface area contributed by atoms with Crippen molar-refractivity contribution in [2.75, 3.05) is 13.1 Å². The van der Waals surface area contributed by atoms with E-state index in [-0.39, 0.29) is 18.4 Å². The summed E-state index contributed by atoms with van der Waals surface area (Å²) in [6, 6.07) is 21.1. The van der Waals surface area contributed by atoms with Gasteiger partial charge < -0.3 is 10.6 Å². The van der Waals surface area contributed by atoms with Gasteiger partial charge in [0.15, 0.2) is 0 Å². The van der Waals surface area contributed by atoms with E-state index in [1.54, 1.807) is 18.3 Å². The quantitative estimate of drug-likeness (QED) is 0.521. The first-order valence-electron chi connectivity index (χ1n) is 9.09. The molecule has 29 heavy (non-hydrogen) atoms. The van der Waals surface area contributed by atoms with Crippen LogP contribution in [0.1, 0.15) is 15.9 Å². The van der Waals surface area contributed by atoms with Crippen LogP contribution in [0.5, 0.6) is 0 Å².